The fourth-order valence-electron chi connectivity index (χ4n) is 2.95. The predicted molar refractivity (Wildman–Crippen MR) is 71.6 cm³/mol. The minimum absolute atomic E-state index is 0.0184. The number of hydrogen-bond acceptors (Lipinski definition) is 1. The summed E-state index contributed by atoms with van der Waals surface area (Å²) in [5.41, 5.74) is 2.15. The van der Waals surface area contributed by atoms with E-state index >= 15 is 0 Å². The van der Waals surface area contributed by atoms with Gasteiger partial charge >= 0.3 is 0 Å². The van der Waals surface area contributed by atoms with Gasteiger partial charge in [0.05, 0.1) is 5.02 Å². The second-order valence-electron chi connectivity index (χ2n) is 4.76. The summed E-state index contributed by atoms with van der Waals surface area (Å²) < 4.78 is 13.7. The summed E-state index contributed by atoms with van der Waals surface area (Å²) in [5.74, 6) is -0.297. The maximum absolute atomic E-state index is 13.7. The molecule has 94 valence electrons. The van der Waals surface area contributed by atoms with Crippen LogP contribution in [0.4, 0.5) is 10.1 Å². The van der Waals surface area contributed by atoms with Crippen LogP contribution in [-0.2, 0) is 5.41 Å². The van der Waals surface area contributed by atoms with Crippen LogP contribution < -0.4 is 4.90 Å². The molecule has 0 radical (unpaired) electrons. The van der Waals surface area contributed by atoms with Crippen LogP contribution in [0.15, 0.2) is 12.1 Å². The van der Waals surface area contributed by atoms with Gasteiger partial charge in [0.1, 0.15) is 5.82 Å². The van der Waals surface area contributed by atoms with Crippen molar-refractivity contribution in [1.29, 1.82) is 0 Å². The van der Waals surface area contributed by atoms with Crippen LogP contribution in [0.2, 0.25) is 5.02 Å². The van der Waals surface area contributed by atoms with Crippen molar-refractivity contribution in [2.45, 2.75) is 39.0 Å². The third kappa shape index (κ3) is 1.74. The minimum Gasteiger partial charge on any atom is -0.371 e. The highest BCUT2D eigenvalue weighted by Crippen LogP contribution is 2.48. The molecule has 0 unspecified atom stereocenters. The average molecular weight is 256 g/mol. The van der Waals surface area contributed by atoms with Gasteiger partial charge in [0.25, 0.3) is 0 Å². The summed E-state index contributed by atoms with van der Waals surface area (Å²) in [6.45, 7) is 8.34. The van der Waals surface area contributed by atoms with Crippen molar-refractivity contribution >= 4 is 17.3 Å². The number of benzene rings is 1. The van der Waals surface area contributed by atoms with Gasteiger partial charge in [-0.3, -0.25) is 0 Å². The van der Waals surface area contributed by atoms with Gasteiger partial charge in [-0.2, -0.15) is 0 Å². The molecule has 3 heteroatoms. The molecular formula is C14H19ClFN. The van der Waals surface area contributed by atoms with Crippen LogP contribution in [0.25, 0.3) is 0 Å². The van der Waals surface area contributed by atoms with Crippen molar-refractivity contribution in [3.63, 3.8) is 0 Å². The van der Waals surface area contributed by atoms with Crippen LogP contribution in [0, 0.1) is 5.82 Å². The van der Waals surface area contributed by atoms with Crippen LogP contribution in [-0.4, -0.2) is 13.1 Å². The van der Waals surface area contributed by atoms with E-state index in [2.05, 4.69) is 25.7 Å². The van der Waals surface area contributed by atoms with Crippen LogP contribution >= 0.6 is 11.6 Å². The Hall–Kier alpha value is -0.760. The Bertz CT molecular complexity index is 426. The van der Waals surface area contributed by atoms with Crippen LogP contribution in [0.5, 0.6) is 0 Å². The lowest BCUT2D eigenvalue weighted by atomic mass is 9.77. The van der Waals surface area contributed by atoms with Crippen molar-refractivity contribution in [2.75, 3.05) is 18.0 Å². The second kappa shape index (κ2) is 4.49. The van der Waals surface area contributed by atoms with Crippen LogP contribution in [0.3, 0.4) is 0 Å². The van der Waals surface area contributed by atoms with Gasteiger partial charge in [-0.05, 0) is 31.9 Å². The highest BCUT2D eigenvalue weighted by atomic mass is 35.5. The number of nitrogens with zero attached hydrogens (tertiary/aromatic N) is 1. The van der Waals surface area contributed by atoms with Gasteiger partial charge in [0.2, 0.25) is 0 Å². The van der Waals surface area contributed by atoms with Gasteiger partial charge in [-0.25, -0.2) is 4.39 Å². The third-order valence-corrected chi connectivity index (χ3v) is 4.54. The molecule has 1 nitrogen and oxygen atoms in total. The number of halogens is 2. The number of hydrogen-bond donors (Lipinski definition) is 0. The number of rotatable bonds is 3. The molecule has 0 amide bonds. The lowest BCUT2D eigenvalue weighted by Gasteiger charge is -2.28. The SMILES string of the molecule is CCN1CC(CC)(CC)c2c1ccc(F)c2Cl. The Balaban J connectivity index is 2.65. The molecule has 0 atom stereocenters. The Kier molecular flexibility index (Phi) is 3.35. The highest BCUT2D eigenvalue weighted by molar-refractivity contribution is 6.32. The van der Waals surface area contributed by atoms with Gasteiger partial charge in [0, 0.05) is 29.8 Å². The Morgan fingerprint density at radius 1 is 1.29 bits per heavy atom. The van der Waals surface area contributed by atoms with Crippen molar-refractivity contribution in [2.24, 2.45) is 0 Å². The van der Waals surface area contributed by atoms with Crippen molar-refractivity contribution in [1.82, 2.24) is 0 Å². The maximum atomic E-state index is 13.7. The number of fused-ring (bicyclic) bond motifs is 1. The fourth-order valence-corrected chi connectivity index (χ4v) is 3.31. The topological polar surface area (TPSA) is 3.24 Å². The molecule has 0 saturated carbocycles. The zero-order chi connectivity index (χ0) is 12.6. The first-order chi connectivity index (χ1) is 8.09. The third-order valence-electron chi connectivity index (χ3n) is 4.17. The Morgan fingerprint density at radius 3 is 2.47 bits per heavy atom. The van der Waals surface area contributed by atoms with Crippen molar-refractivity contribution in [3.8, 4) is 0 Å². The first kappa shape index (κ1) is 12.7. The molecule has 1 aliphatic heterocycles. The van der Waals surface area contributed by atoms with Gasteiger partial charge in [-0.15, -0.1) is 0 Å². The molecule has 17 heavy (non-hydrogen) atoms. The van der Waals surface area contributed by atoms with Gasteiger partial charge < -0.3 is 4.90 Å². The summed E-state index contributed by atoms with van der Waals surface area (Å²) in [6.07, 6.45) is 1.99. The van der Waals surface area contributed by atoms with E-state index in [9.17, 15) is 4.39 Å². The first-order valence-corrected chi connectivity index (χ1v) is 6.70. The lowest BCUT2D eigenvalue weighted by molar-refractivity contribution is 0.419. The summed E-state index contributed by atoms with van der Waals surface area (Å²) >= 11 is 6.20. The van der Waals surface area contributed by atoms with E-state index in [4.69, 9.17) is 11.6 Å². The molecule has 0 spiro atoms. The molecule has 0 bridgehead atoms. The van der Waals surface area contributed by atoms with Gasteiger partial charge in [0.15, 0.2) is 0 Å². The second-order valence-corrected chi connectivity index (χ2v) is 5.14. The summed E-state index contributed by atoms with van der Waals surface area (Å²) in [4.78, 5) is 2.30. The van der Waals surface area contributed by atoms with E-state index in [0.717, 1.165) is 37.2 Å². The molecule has 1 aromatic carbocycles. The molecule has 2 rings (SSSR count). The maximum Gasteiger partial charge on any atom is 0.142 e. The molecule has 1 heterocycles. The Labute approximate surface area is 108 Å². The molecule has 1 aromatic rings. The van der Waals surface area contributed by atoms with E-state index in [1.54, 1.807) is 0 Å². The van der Waals surface area contributed by atoms with Gasteiger partial charge in [-0.1, -0.05) is 25.4 Å². The quantitative estimate of drug-likeness (QED) is 0.775. The van der Waals surface area contributed by atoms with E-state index in [1.165, 1.54) is 6.07 Å². The largest absolute Gasteiger partial charge is 0.371 e. The van der Waals surface area contributed by atoms with E-state index in [1.807, 2.05) is 6.07 Å². The lowest BCUT2D eigenvalue weighted by Crippen LogP contribution is -2.32. The summed E-state index contributed by atoms with van der Waals surface area (Å²) in [6, 6.07) is 3.35. The van der Waals surface area contributed by atoms with Crippen molar-refractivity contribution < 1.29 is 4.39 Å². The zero-order valence-corrected chi connectivity index (χ0v) is 11.4. The summed E-state index contributed by atoms with van der Waals surface area (Å²) in [5, 5.41) is 0.321. The van der Waals surface area contributed by atoms with Crippen molar-refractivity contribution in [3.05, 3.63) is 28.5 Å². The highest BCUT2D eigenvalue weighted by Gasteiger charge is 2.41. The van der Waals surface area contributed by atoms with Crippen LogP contribution in [0.1, 0.15) is 39.2 Å². The standard InChI is InChI=1S/C14H19ClFN/c1-4-14(5-2)9-17(6-3)11-8-7-10(16)13(15)12(11)14/h7-8H,4-6,9H2,1-3H3. The molecule has 0 saturated heterocycles. The van der Waals surface area contributed by atoms with E-state index < -0.39 is 0 Å². The summed E-state index contributed by atoms with van der Waals surface area (Å²) in [7, 11) is 0. The average Bonchev–Trinajstić information content (AvgIpc) is 2.69. The smallest absolute Gasteiger partial charge is 0.142 e. The number of anilines is 1. The monoisotopic (exact) mass is 255 g/mol. The first-order valence-electron chi connectivity index (χ1n) is 6.33. The molecule has 0 fully saturated rings. The molecular weight excluding hydrogens is 237 g/mol. The normalized spacial score (nSPS) is 17.4. The molecule has 0 aliphatic carbocycles. The van der Waals surface area contributed by atoms with E-state index in [0.29, 0.717) is 5.02 Å². The Morgan fingerprint density at radius 2 is 1.94 bits per heavy atom. The minimum atomic E-state index is -0.297. The molecule has 1 aliphatic rings. The zero-order valence-electron chi connectivity index (χ0n) is 10.7. The molecule has 0 N–H and O–H groups in total. The molecule has 0 aromatic heterocycles. The fraction of sp³-hybridized carbons (Fsp3) is 0.571. The van der Waals surface area contributed by atoms with E-state index in [-0.39, 0.29) is 11.2 Å². The predicted octanol–water partition coefficient (Wildman–Crippen LogP) is 4.38. The number of likely N-dealkylation sites (N-methyl/N-ethyl adjacent to an activating group) is 1.